The summed E-state index contributed by atoms with van der Waals surface area (Å²) in [5.41, 5.74) is 12.6. The van der Waals surface area contributed by atoms with Crippen LogP contribution in [0.25, 0.3) is 50.1 Å². The van der Waals surface area contributed by atoms with E-state index in [9.17, 15) is 0 Å². The monoisotopic (exact) mass is 527 g/mol. The summed E-state index contributed by atoms with van der Waals surface area (Å²) in [5.74, 6) is 0. The molecule has 0 bridgehead atoms. The third-order valence-electron chi connectivity index (χ3n) is 8.17. The normalized spacial score (nSPS) is 14.1. The fraction of sp³-hybridized carbons (Fsp3) is 0.229. The first kappa shape index (κ1) is 25.9. The van der Waals surface area contributed by atoms with Crippen molar-refractivity contribution in [3.8, 4) is 33.4 Å². The van der Waals surface area contributed by atoms with E-state index in [1.807, 2.05) is 20.3 Å². The molecule has 5 nitrogen and oxygen atoms in total. The van der Waals surface area contributed by atoms with E-state index in [-0.39, 0.29) is 0 Å². The number of aromatic nitrogens is 2. The predicted molar refractivity (Wildman–Crippen MR) is 170 cm³/mol. The molecule has 0 atom stereocenters. The van der Waals surface area contributed by atoms with Gasteiger partial charge < -0.3 is 19.7 Å². The Hall–Kier alpha value is -4.35. The van der Waals surface area contributed by atoms with Crippen molar-refractivity contribution in [2.24, 2.45) is 0 Å². The maximum Gasteiger partial charge on any atom is 0.137 e. The van der Waals surface area contributed by atoms with E-state index in [1.54, 1.807) is 0 Å². The maximum absolute atomic E-state index is 4.81. The highest BCUT2D eigenvalue weighted by Crippen LogP contribution is 2.37. The number of piperazine rings is 1. The maximum atomic E-state index is 4.81. The molecule has 1 N–H and O–H groups in total. The molecule has 5 aromatic rings. The zero-order valence-corrected chi connectivity index (χ0v) is 23.9. The lowest BCUT2D eigenvalue weighted by Crippen LogP contribution is -2.44. The molecule has 1 aliphatic rings. The number of aryl methyl sites for hydroxylation is 1. The van der Waals surface area contributed by atoms with Gasteiger partial charge in [-0.15, -0.1) is 0 Å². The van der Waals surface area contributed by atoms with Gasteiger partial charge in [-0.1, -0.05) is 55.1 Å². The van der Waals surface area contributed by atoms with Gasteiger partial charge in [0.25, 0.3) is 0 Å². The molecule has 5 heteroatoms. The molecule has 0 spiro atoms. The van der Waals surface area contributed by atoms with Gasteiger partial charge in [-0.2, -0.15) is 0 Å². The van der Waals surface area contributed by atoms with E-state index in [1.165, 1.54) is 27.9 Å². The zero-order valence-electron chi connectivity index (χ0n) is 23.9. The van der Waals surface area contributed by atoms with Crippen molar-refractivity contribution in [1.82, 2.24) is 19.8 Å². The second kappa shape index (κ2) is 10.7. The highest BCUT2D eigenvalue weighted by molar-refractivity contribution is 5.97. The van der Waals surface area contributed by atoms with Crippen molar-refractivity contribution in [1.29, 1.82) is 0 Å². The Morgan fingerprint density at radius 2 is 1.57 bits per heavy atom. The molecule has 202 valence electrons. The number of hydrogen-bond acceptors (Lipinski definition) is 4. The van der Waals surface area contributed by atoms with Crippen LogP contribution in [0.15, 0.2) is 91.8 Å². The fourth-order valence-electron chi connectivity index (χ4n) is 5.70. The zero-order chi connectivity index (χ0) is 27.8. The summed E-state index contributed by atoms with van der Waals surface area (Å²) in [7, 11) is 6.28. The number of benzene rings is 3. The first-order valence-corrected chi connectivity index (χ1v) is 14.0. The number of aromatic amines is 1. The Kier molecular flexibility index (Phi) is 6.91. The van der Waals surface area contributed by atoms with Gasteiger partial charge in [-0.05, 0) is 66.1 Å². The van der Waals surface area contributed by atoms with E-state index in [0.717, 1.165) is 65.2 Å². The quantitative estimate of drug-likeness (QED) is 0.254. The van der Waals surface area contributed by atoms with Crippen LogP contribution in [0.3, 0.4) is 0 Å². The largest absolute Gasteiger partial charge is 0.378 e. The summed E-state index contributed by atoms with van der Waals surface area (Å²) in [4.78, 5) is 15.2. The van der Waals surface area contributed by atoms with Crippen molar-refractivity contribution < 1.29 is 0 Å². The Morgan fingerprint density at radius 3 is 2.30 bits per heavy atom. The summed E-state index contributed by atoms with van der Waals surface area (Å²) in [6, 6.07) is 26.3. The molecule has 0 saturated carbocycles. The van der Waals surface area contributed by atoms with Crippen molar-refractivity contribution in [3.05, 3.63) is 103 Å². The van der Waals surface area contributed by atoms with Crippen molar-refractivity contribution in [2.45, 2.75) is 6.92 Å². The molecule has 1 aliphatic heterocycles. The third-order valence-corrected chi connectivity index (χ3v) is 8.17. The highest BCUT2D eigenvalue weighted by Gasteiger charge is 2.17. The van der Waals surface area contributed by atoms with Gasteiger partial charge in [0.2, 0.25) is 0 Å². The number of H-pyrrole nitrogens is 1. The molecule has 0 aliphatic carbocycles. The lowest BCUT2D eigenvalue weighted by molar-refractivity contribution is 0.312. The summed E-state index contributed by atoms with van der Waals surface area (Å²) in [6.45, 7) is 10.9. The van der Waals surface area contributed by atoms with Crippen LogP contribution in [-0.2, 0) is 0 Å². The first-order valence-electron chi connectivity index (χ1n) is 14.0. The standard InChI is InChI=1S/C35H37N5/c1-24-19-27(12-14-34(24)40-17-15-39(5)16-18-40)29-21-32-33(23-37-35(32)36-22-29)28-11-13-30(25(2)38(3)4)31(20-28)26-9-7-6-8-10-26/h6-14,19-23H,2,15-18H2,1,3-5H3,(H,36,37). The number of anilines is 1. The molecule has 0 radical (unpaired) electrons. The van der Waals surface area contributed by atoms with Crippen molar-refractivity contribution in [3.63, 3.8) is 0 Å². The van der Waals surface area contributed by atoms with E-state index in [4.69, 9.17) is 4.98 Å². The summed E-state index contributed by atoms with van der Waals surface area (Å²) in [5, 5.41) is 1.12. The van der Waals surface area contributed by atoms with Gasteiger partial charge >= 0.3 is 0 Å². The number of fused-ring (bicyclic) bond motifs is 1. The van der Waals surface area contributed by atoms with E-state index in [2.05, 4.69) is 119 Å². The van der Waals surface area contributed by atoms with Crippen LogP contribution < -0.4 is 4.90 Å². The third kappa shape index (κ3) is 4.89. The molecule has 6 rings (SSSR count). The fourth-order valence-corrected chi connectivity index (χ4v) is 5.70. The van der Waals surface area contributed by atoms with Crippen molar-refractivity contribution in [2.75, 3.05) is 52.2 Å². The molecule has 40 heavy (non-hydrogen) atoms. The van der Waals surface area contributed by atoms with Crippen molar-refractivity contribution >= 4 is 22.4 Å². The average molecular weight is 528 g/mol. The van der Waals surface area contributed by atoms with Crippen LogP contribution in [0, 0.1) is 6.92 Å². The molecular formula is C35H37N5. The van der Waals surface area contributed by atoms with Crippen LogP contribution in [0.5, 0.6) is 0 Å². The van der Waals surface area contributed by atoms with Crippen LogP contribution in [0.4, 0.5) is 5.69 Å². The second-order valence-corrected chi connectivity index (χ2v) is 11.1. The highest BCUT2D eigenvalue weighted by atomic mass is 15.2. The van der Waals surface area contributed by atoms with Crippen LogP contribution >= 0.6 is 0 Å². The molecular weight excluding hydrogens is 490 g/mol. The van der Waals surface area contributed by atoms with E-state index >= 15 is 0 Å². The topological polar surface area (TPSA) is 38.4 Å². The predicted octanol–water partition coefficient (Wildman–Crippen LogP) is 7.16. The number of nitrogens with zero attached hydrogens (tertiary/aromatic N) is 4. The molecule has 0 unspecified atom stereocenters. The molecule has 2 aromatic heterocycles. The van der Waals surface area contributed by atoms with E-state index < -0.39 is 0 Å². The molecule has 3 heterocycles. The number of rotatable bonds is 6. The van der Waals surface area contributed by atoms with Gasteiger partial charge in [-0.25, -0.2) is 4.98 Å². The molecule has 0 amide bonds. The Labute approximate surface area is 237 Å². The minimum absolute atomic E-state index is 0.896. The number of pyridine rings is 1. The lowest BCUT2D eigenvalue weighted by atomic mass is 9.93. The minimum atomic E-state index is 0.896. The average Bonchev–Trinajstić information content (AvgIpc) is 3.41. The summed E-state index contributed by atoms with van der Waals surface area (Å²) >= 11 is 0. The van der Waals surface area contributed by atoms with Gasteiger partial charge in [-0.3, -0.25) is 0 Å². The molecule has 3 aromatic carbocycles. The minimum Gasteiger partial charge on any atom is -0.378 e. The van der Waals surface area contributed by atoms with Gasteiger partial charge in [0.1, 0.15) is 5.65 Å². The Morgan fingerprint density at radius 1 is 0.825 bits per heavy atom. The Bertz CT molecular complexity index is 1670. The first-order chi connectivity index (χ1) is 19.4. The van der Waals surface area contributed by atoms with Gasteiger partial charge in [0, 0.05) is 86.1 Å². The molecule has 1 saturated heterocycles. The van der Waals surface area contributed by atoms with Crippen LogP contribution in [-0.4, -0.2) is 67.1 Å². The summed E-state index contributed by atoms with van der Waals surface area (Å²) < 4.78 is 0. The Balaban J connectivity index is 1.39. The smallest absolute Gasteiger partial charge is 0.137 e. The SMILES string of the molecule is C=C(c1ccc(-c2c[nH]c3ncc(-c4ccc(N5CCN(C)CC5)c(C)c4)cc23)cc1-c1ccccc1)N(C)C. The molecule has 1 fully saturated rings. The van der Waals surface area contributed by atoms with Crippen LogP contribution in [0.2, 0.25) is 0 Å². The van der Waals surface area contributed by atoms with E-state index in [0.29, 0.717) is 0 Å². The summed E-state index contributed by atoms with van der Waals surface area (Å²) in [6.07, 6.45) is 4.06. The number of nitrogens with one attached hydrogen (secondary N) is 1. The van der Waals surface area contributed by atoms with Gasteiger partial charge in [0.05, 0.1) is 0 Å². The van der Waals surface area contributed by atoms with Crippen LogP contribution in [0.1, 0.15) is 11.1 Å². The second-order valence-electron chi connectivity index (χ2n) is 11.1. The lowest BCUT2D eigenvalue weighted by Gasteiger charge is -2.35. The van der Waals surface area contributed by atoms with Gasteiger partial charge in [0.15, 0.2) is 0 Å². The number of hydrogen-bond donors (Lipinski definition) is 1. The number of likely N-dealkylation sites (N-methyl/N-ethyl adjacent to an activating group) is 1.